The van der Waals surface area contributed by atoms with Gasteiger partial charge in [0.05, 0.1) is 0 Å². The van der Waals surface area contributed by atoms with Gasteiger partial charge in [-0.25, -0.2) is 9.18 Å². The number of ether oxygens (including phenoxy) is 1. The molecule has 0 saturated heterocycles. The number of halogens is 1. The fourth-order valence-corrected chi connectivity index (χ4v) is 2.42. The minimum atomic E-state index is -0.516. The predicted octanol–water partition coefficient (Wildman–Crippen LogP) is 3.71. The van der Waals surface area contributed by atoms with Crippen molar-refractivity contribution in [3.8, 4) is 11.4 Å². The Balaban J connectivity index is 1.44. The summed E-state index contributed by atoms with van der Waals surface area (Å²) in [5, 5.41) is 4.72. The van der Waals surface area contributed by atoms with Crippen molar-refractivity contribution in [2.24, 2.45) is 0 Å². The van der Waals surface area contributed by atoms with Crippen LogP contribution < -0.4 is 0 Å². The molecule has 0 spiro atoms. The molecule has 2 aromatic heterocycles. The fraction of sp³-hybridized carbons (Fsp3) is 0.0556. The zero-order valence-corrected chi connectivity index (χ0v) is 12.9. The largest absolute Gasteiger partial charge is 0.451 e. The number of esters is 1. The van der Waals surface area contributed by atoms with E-state index < -0.39 is 5.97 Å². The molecule has 2 heterocycles. The van der Waals surface area contributed by atoms with Crippen LogP contribution in [0.3, 0.4) is 0 Å². The molecule has 4 rings (SSSR count). The summed E-state index contributed by atoms with van der Waals surface area (Å²) < 4.78 is 23.2. The average molecular weight is 337 g/mol. The van der Waals surface area contributed by atoms with Crippen molar-refractivity contribution < 1.29 is 18.4 Å². The van der Waals surface area contributed by atoms with Gasteiger partial charge in [0.2, 0.25) is 5.82 Å². The maximum atomic E-state index is 12.9. The molecule has 124 valence electrons. The Labute approximate surface area is 141 Å². The van der Waals surface area contributed by atoms with E-state index in [1.807, 2.05) is 24.3 Å². The number of nitrogens with zero attached hydrogens (tertiary/aromatic N) is 2. The third kappa shape index (κ3) is 3.12. The zero-order chi connectivity index (χ0) is 17.2. The first-order valence-corrected chi connectivity index (χ1v) is 7.52. The lowest BCUT2D eigenvalue weighted by atomic mass is 10.2. The number of rotatable bonds is 4. The molecule has 6 nitrogen and oxygen atoms in total. The molecule has 4 aromatic rings. The Hall–Kier alpha value is -3.48. The Bertz CT molecular complexity index is 1000. The second kappa shape index (κ2) is 6.20. The van der Waals surface area contributed by atoms with E-state index in [1.165, 1.54) is 12.1 Å². The van der Waals surface area contributed by atoms with Gasteiger partial charge in [-0.15, -0.1) is 0 Å². The Kier molecular flexibility index (Phi) is 3.74. The SMILES string of the molecule is O=C(OCc1nc(-c2ccc(F)cc2)no1)c1cc2ccccc2[nH]1. The van der Waals surface area contributed by atoms with E-state index >= 15 is 0 Å². The summed E-state index contributed by atoms with van der Waals surface area (Å²) in [7, 11) is 0. The van der Waals surface area contributed by atoms with Crippen molar-refractivity contribution in [1.29, 1.82) is 0 Å². The lowest BCUT2D eigenvalue weighted by molar-refractivity contribution is 0.0424. The van der Waals surface area contributed by atoms with Gasteiger partial charge in [-0.3, -0.25) is 0 Å². The smallest absolute Gasteiger partial charge is 0.355 e. The van der Waals surface area contributed by atoms with Crippen molar-refractivity contribution in [3.05, 3.63) is 72.0 Å². The third-order valence-electron chi connectivity index (χ3n) is 3.65. The Morgan fingerprint density at radius 3 is 2.76 bits per heavy atom. The highest BCUT2D eigenvalue weighted by Crippen LogP contribution is 2.18. The van der Waals surface area contributed by atoms with Gasteiger partial charge in [0.25, 0.3) is 5.89 Å². The number of hydrogen-bond acceptors (Lipinski definition) is 5. The quantitative estimate of drug-likeness (QED) is 0.574. The summed E-state index contributed by atoms with van der Waals surface area (Å²) in [6.07, 6.45) is 0. The molecule has 25 heavy (non-hydrogen) atoms. The second-order valence-electron chi connectivity index (χ2n) is 5.37. The van der Waals surface area contributed by atoms with Crippen LogP contribution in [0.5, 0.6) is 0 Å². The molecule has 0 amide bonds. The number of hydrogen-bond donors (Lipinski definition) is 1. The normalized spacial score (nSPS) is 10.9. The lowest BCUT2D eigenvalue weighted by Crippen LogP contribution is -2.05. The molecule has 2 aromatic carbocycles. The molecule has 0 radical (unpaired) electrons. The van der Waals surface area contributed by atoms with Gasteiger partial charge < -0.3 is 14.2 Å². The predicted molar refractivity (Wildman–Crippen MR) is 87.1 cm³/mol. The topological polar surface area (TPSA) is 81.0 Å². The first-order chi connectivity index (χ1) is 12.2. The number of aromatic amines is 1. The molecular weight excluding hydrogens is 325 g/mol. The molecule has 0 aliphatic carbocycles. The van der Waals surface area contributed by atoms with Gasteiger partial charge in [-0.2, -0.15) is 4.98 Å². The summed E-state index contributed by atoms with van der Waals surface area (Å²) in [5.41, 5.74) is 1.81. The minimum Gasteiger partial charge on any atom is -0.451 e. The van der Waals surface area contributed by atoms with Crippen LogP contribution in [0.4, 0.5) is 4.39 Å². The highest BCUT2D eigenvalue weighted by atomic mass is 19.1. The summed E-state index contributed by atoms with van der Waals surface area (Å²) in [6.45, 7) is -0.150. The first kappa shape index (κ1) is 15.1. The maximum Gasteiger partial charge on any atom is 0.355 e. The molecule has 0 unspecified atom stereocenters. The molecule has 0 aliphatic heterocycles. The van der Waals surface area contributed by atoms with Crippen molar-refractivity contribution in [1.82, 2.24) is 15.1 Å². The van der Waals surface area contributed by atoms with E-state index in [1.54, 1.807) is 18.2 Å². The molecule has 1 N–H and O–H groups in total. The van der Waals surface area contributed by atoms with Gasteiger partial charge in [-0.1, -0.05) is 23.4 Å². The van der Waals surface area contributed by atoms with Crippen molar-refractivity contribution >= 4 is 16.9 Å². The lowest BCUT2D eigenvalue weighted by Gasteiger charge is -1.98. The van der Waals surface area contributed by atoms with E-state index in [0.29, 0.717) is 17.1 Å². The van der Waals surface area contributed by atoms with E-state index in [9.17, 15) is 9.18 Å². The molecule has 0 aliphatic rings. The molecule has 0 atom stereocenters. The molecule has 7 heteroatoms. The van der Waals surface area contributed by atoms with Gasteiger partial charge in [0, 0.05) is 16.5 Å². The highest BCUT2D eigenvalue weighted by Gasteiger charge is 2.14. The van der Waals surface area contributed by atoms with E-state index in [4.69, 9.17) is 9.26 Å². The molecule has 0 bridgehead atoms. The number of benzene rings is 2. The fourth-order valence-electron chi connectivity index (χ4n) is 2.42. The van der Waals surface area contributed by atoms with Gasteiger partial charge >= 0.3 is 5.97 Å². The number of para-hydroxylation sites is 1. The Morgan fingerprint density at radius 1 is 1.16 bits per heavy atom. The number of fused-ring (bicyclic) bond motifs is 1. The van der Waals surface area contributed by atoms with E-state index in [0.717, 1.165) is 10.9 Å². The first-order valence-electron chi connectivity index (χ1n) is 7.52. The Morgan fingerprint density at radius 2 is 1.96 bits per heavy atom. The van der Waals surface area contributed by atoms with Crippen LogP contribution in [-0.2, 0) is 11.3 Å². The van der Waals surface area contributed by atoms with Crippen LogP contribution in [0.1, 0.15) is 16.4 Å². The van der Waals surface area contributed by atoms with Crippen LogP contribution in [-0.4, -0.2) is 21.1 Å². The van der Waals surface area contributed by atoms with E-state index in [-0.39, 0.29) is 18.3 Å². The molecule has 0 saturated carbocycles. The monoisotopic (exact) mass is 337 g/mol. The number of H-pyrrole nitrogens is 1. The van der Waals surface area contributed by atoms with Crippen LogP contribution in [0.25, 0.3) is 22.3 Å². The van der Waals surface area contributed by atoms with Gasteiger partial charge in [-0.05, 0) is 36.4 Å². The zero-order valence-electron chi connectivity index (χ0n) is 12.9. The van der Waals surface area contributed by atoms with Crippen molar-refractivity contribution in [3.63, 3.8) is 0 Å². The van der Waals surface area contributed by atoms with Gasteiger partial charge in [0.1, 0.15) is 11.5 Å². The van der Waals surface area contributed by atoms with Crippen molar-refractivity contribution in [2.45, 2.75) is 6.61 Å². The minimum absolute atomic E-state index is 0.150. The average Bonchev–Trinajstić information content (AvgIpc) is 3.27. The third-order valence-corrected chi connectivity index (χ3v) is 3.65. The van der Waals surface area contributed by atoms with Gasteiger partial charge in [0.15, 0.2) is 6.61 Å². The van der Waals surface area contributed by atoms with Crippen LogP contribution in [0, 0.1) is 5.82 Å². The summed E-state index contributed by atoms with van der Waals surface area (Å²) in [6, 6.07) is 15.0. The highest BCUT2D eigenvalue weighted by molar-refractivity contribution is 5.94. The summed E-state index contributed by atoms with van der Waals surface area (Å²) in [5.74, 6) is -0.405. The summed E-state index contributed by atoms with van der Waals surface area (Å²) in [4.78, 5) is 19.2. The molecule has 0 fully saturated rings. The van der Waals surface area contributed by atoms with Crippen molar-refractivity contribution in [2.75, 3.05) is 0 Å². The number of aromatic nitrogens is 3. The standard InChI is InChI=1S/C18H12FN3O3/c19-13-7-5-11(6-8-13)17-21-16(25-22-17)10-24-18(23)15-9-12-3-1-2-4-14(12)20-15/h1-9,20H,10H2. The molecular formula is C18H12FN3O3. The number of nitrogens with one attached hydrogen (secondary N) is 1. The summed E-state index contributed by atoms with van der Waals surface area (Å²) >= 11 is 0. The van der Waals surface area contributed by atoms with E-state index in [2.05, 4.69) is 15.1 Å². The van der Waals surface area contributed by atoms with Crippen LogP contribution >= 0.6 is 0 Å². The number of carbonyl (C=O) groups excluding carboxylic acids is 1. The van der Waals surface area contributed by atoms with Crippen LogP contribution in [0.2, 0.25) is 0 Å². The maximum absolute atomic E-state index is 12.9. The van der Waals surface area contributed by atoms with Crippen LogP contribution in [0.15, 0.2) is 59.1 Å². The second-order valence-corrected chi connectivity index (χ2v) is 5.37. The number of carbonyl (C=O) groups is 1.